The Labute approximate surface area is 136 Å². The molecule has 0 saturated carbocycles. The first-order chi connectivity index (χ1) is 10.9. The number of hydrogen-bond acceptors (Lipinski definition) is 4. The lowest BCUT2D eigenvalue weighted by Gasteiger charge is -2.56. The minimum Gasteiger partial charge on any atom is -0.335 e. The second-order valence-electron chi connectivity index (χ2n) is 6.78. The first kappa shape index (κ1) is 15.9. The molecule has 0 aliphatic carbocycles. The Hall–Kier alpha value is -1.98. The highest BCUT2D eigenvalue weighted by atomic mass is 16.2. The highest BCUT2D eigenvalue weighted by Crippen LogP contribution is 2.39. The Bertz CT molecular complexity index is 633. The second kappa shape index (κ2) is 5.91. The summed E-state index contributed by atoms with van der Waals surface area (Å²) in [5, 5.41) is 0. The van der Waals surface area contributed by atoms with Gasteiger partial charge in [-0.05, 0) is 45.6 Å². The minimum atomic E-state index is -0.264. The van der Waals surface area contributed by atoms with Crippen molar-refractivity contribution in [3.63, 3.8) is 0 Å². The van der Waals surface area contributed by atoms with Gasteiger partial charge in [-0.3, -0.25) is 9.59 Å². The Balaban J connectivity index is 1.91. The summed E-state index contributed by atoms with van der Waals surface area (Å²) in [7, 11) is 0. The van der Waals surface area contributed by atoms with Crippen LogP contribution in [0.3, 0.4) is 0 Å². The molecule has 2 atom stereocenters. The van der Waals surface area contributed by atoms with E-state index in [9.17, 15) is 9.59 Å². The number of hydrogen-bond donors (Lipinski definition) is 0. The smallest absolute Gasteiger partial charge is 0.272 e. The third kappa shape index (κ3) is 2.71. The van der Waals surface area contributed by atoms with E-state index in [1.807, 2.05) is 9.80 Å². The largest absolute Gasteiger partial charge is 0.335 e. The lowest BCUT2D eigenvalue weighted by Crippen LogP contribution is -2.68. The van der Waals surface area contributed by atoms with Crippen LogP contribution in [0, 0.1) is 6.92 Å². The topological polar surface area (TPSA) is 66.4 Å². The Kier molecular flexibility index (Phi) is 4.08. The third-order valence-corrected chi connectivity index (χ3v) is 5.29. The second-order valence-corrected chi connectivity index (χ2v) is 6.78. The highest BCUT2D eigenvalue weighted by Gasteiger charge is 2.49. The van der Waals surface area contributed by atoms with Crippen LogP contribution in [0.25, 0.3) is 0 Å². The molecule has 6 nitrogen and oxygen atoms in total. The molecule has 3 rings (SSSR count). The van der Waals surface area contributed by atoms with Gasteiger partial charge in [0.05, 0.1) is 11.6 Å². The molecule has 124 valence electrons. The molecule has 1 aromatic heterocycles. The molecule has 3 heterocycles. The average molecular weight is 316 g/mol. The van der Waals surface area contributed by atoms with Gasteiger partial charge in [-0.1, -0.05) is 0 Å². The van der Waals surface area contributed by atoms with Crippen LogP contribution in [0.2, 0.25) is 0 Å². The van der Waals surface area contributed by atoms with E-state index in [0.29, 0.717) is 11.5 Å². The molecule has 23 heavy (non-hydrogen) atoms. The fraction of sp³-hybridized carbons (Fsp3) is 0.647. The van der Waals surface area contributed by atoms with E-state index in [-0.39, 0.29) is 23.4 Å². The van der Waals surface area contributed by atoms with Crippen LogP contribution in [0.5, 0.6) is 0 Å². The van der Waals surface area contributed by atoms with Gasteiger partial charge in [0.2, 0.25) is 5.91 Å². The highest BCUT2D eigenvalue weighted by molar-refractivity contribution is 5.92. The van der Waals surface area contributed by atoms with E-state index < -0.39 is 0 Å². The van der Waals surface area contributed by atoms with Crippen molar-refractivity contribution in [1.82, 2.24) is 19.8 Å². The molecule has 1 aromatic rings. The van der Waals surface area contributed by atoms with Gasteiger partial charge in [-0.25, -0.2) is 9.97 Å². The van der Waals surface area contributed by atoms with Crippen LogP contribution in [0.15, 0.2) is 12.3 Å². The number of rotatable bonds is 1. The zero-order valence-electron chi connectivity index (χ0n) is 14.1. The van der Waals surface area contributed by atoms with Crippen molar-refractivity contribution in [2.75, 3.05) is 13.1 Å². The fourth-order valence-electron chi connectivity index (χ4n) is 4.23. The lowest BCUT2D eigenvalue weighted by atomic mass is 9.76. The zero-order chi connectivity index (χ0) is 16.6. The summed E-state index contributed by atoms with van der Waals surface area (Å²) < 4.78 is 0. The van der Waals surface area contributed by atoms with Crippen molar-refractivity contribution >= 4 is 11.8 Å². The van der Waals surface area contributed by atoms with Crippen molar-refractivity contribution in [1.29, 1.82) is 0 Å². The third-order valence-electron chi connectivity index (χ3n) is 5.29. The molecular formula is C17H24N4O2. The number of carbonyl (C=O) groups excluding carboxylic acids is 2. The normalized spacial score (nSPS) is 27.5. The van der Waals surface area contributed by atoms with Gasteiger partial charge in [0.1, 0.15) is 11.5 Å². The van der Waals surface area contributed by atoms with Crippen molar-refractivity contribution in [3.8, 4) is 0 Å². The van der Waals surface area contributed by atoms with E-state index >= 15 is 0 Å². The molecule has 6 heteroatoms. The Morgan fingerprint density at radius 1 is 1.30 bits per heavy atom. The molecule has 2 saturated heterocycles. The van der Waals surface area contributed by atoms with Gasteiger partial charge in [0.25, 0.3) is 5.91 Å². The fourth-order valence-corrected chi connectivity index (χ4v) is 4.23. The molecule has 0 bridgehead atoms. The van der Waals surface area contributed by atoms with Crippen molar-refractivity contribution in [2.24, 2.45) is 0 Å². The summed E-state index contributed by atoms with van der Waals surface area (Å²) in [6.07, 6.45) is 5.36. The summed E-state index contributed by atoms with van der Waals surface area (Å²) >= 11 is 0. The van der Waals surface area contributed by atoms with Crippen LogP contribution >= 0.6 is 0 Å². The minimum absolute atomic E-state index is 0.0446. The molecule has 0 N–H and O–H groups in total. The van der Waals surface area contributed by atoms with Gasteiger partial charge in [-0.2, -0.15) is 0 Å². The summed E-state index contributed by atoms with van der Waals surface area (Å²) in [4.78, 5) is 37.2. The summed E-state index contributed by atoms with van der Waals surface area (Å²) in [5.41, 5.74) is 0.182. The first-order valence-corrected chi connectivity index (χ1v) is 8.32. The van der Waals surface area contributed by atoms with E-state index in [2.05, 4.69) is 16.9 Å². The molecule has 0 spiro atoms. The number of carbonyl (C=O) groups is 2. The number of piperidine rings is 2. The SMILES string of the molecule is CC(=O)N1CCC[C@@H]2N(C(=O)c3ccnc(C)n3)CCC[C@@]21C. The predicted octanol–water partition coefficient (Wildman–Crippen LogP) is 1.79. The van der Waals surface area contributed by atoms with Gasteiger partial charge < -0.3 is 9.80 Å². The summed E-state index contributed by atoms with van der Waals surface area (Å²) in [5.74, 6) is 0.658. The zero-order valence-corrected chi connectivity index (χ0v) is 14.1. The van der Waals surface area contributed by atoms with Gasteiger partial charge in [0.15, 0.2) is 0 Å². The van der Waals surface area contributed by atoms with Crippen LogP contribution in [0.4, 0.5) is 0 Å². The van der Waals surface area contributed by atoms with Gasteiger partial charge >= 0.3 is 0 Å². The van der Waals surface area contributed by atoms with Crippen molar-refractivity contribution in [2.45, 2.75) is 58.0 Å². The van der Waals surface area contributed by atoms with Crippen molar-refractivity contribution < 1.29 is 9.59 Å². The maximum atomic E-state index is 13.0. The molecule has 0 unspecified atom stereocenters. The van der Waals surface area contributed by atoms with E-state index in [0.717, 1.165) is 38.8 Å². The predicted molar refractivity (Wildman–Crippen MR) is 85.9 cm³/mol. The van der Waals surface area contributed by atoms with E-state index in [4.69, 9.17) is 0 Å². The molecule has 0 radical (unpaired) electrons. The molecule has 2 aliphatic rings. The average Bonchev–Trinajstić information content (AvgIpc) is 2.52. The molecular weight excluding hydrogens is 292 g/mol. The monoisotopic (exact) mass is 316 g/mol. The van der Waals surface area contributed by atoms with Crippen LogP contribution < -0.4 is 0 Å². The Morgan fingerprint density at radius 3 is 2.78 bits per heavy atom. The number of aromatic nitrogens is 2. The molecule has 2 amide bonds. The number of aryl methyl sites for hydroxylation is 1. The maximum absolute atomic E-state index is 13.0. The van der Waals surface area contributed by atoms with Crippen LogP contribution in [-0.2, 0) is 4.79 Å². The van der Waals surface area contributed by atoms with Crippen LogP contribution in [-0.4, -0.2) is 56.3 Å². The number of amides is 2. The van der Waals surface area contributed by atoms with E-state index in [1.165, 1.54) is 0 Å². The van der Waals surface area contributed by atoms with Gasteiger partial charge in [0, 0.05) is 26.2 Å². The Morgan fingerprint density at radius 2 is 2.09 bits per heavy atom. The number of nitrogens with zero attached hydrogens (tertiary/aromatic N) is 4. The number of likely N-dealkylation sites (tertiary alicyclic amines) is 2. The summed E-state index contributed by atoms with van der Waals surface area (Å²) in [6.45, 7) is 7.06. The molecule has 0 aromatic carbocycles. The van der Waals surface area contributed by atoms with Crippen molar-refractivity contribution in [3.05, 3.63) is 23.8 Å². The lowest BCUT2D eigenvalue weighted by molar-refractivity contribution is -0.143. The molecule has 2 aliphatic heterocycles. The first-order valence-electron chi connectivity index (χ1n) is 8.32. The van der Waals surface area contributed by atoms with Crippen LogP contribution in [0.1, 0.15) is 55.8 Å². The summed E-state index contributed by atoms with van der Waals surface area (Å²) in [6, 6.07) is 1.74. The van der Waals surface area contributed by atoms with Gasteiger partial charge in [-0.15, -0.1) is 0 Å². The number of fused-ring (bicyclic) bond motifs is 1. The quantitative estimate of drug-likeness (QED) is 0.792. The van der Waals surface area contributed by atoms with E-state index in [1.54, 1.807) is 26.1 Å². The molecule has 2 fully saturated rings. The maximum Gasteiger partial charge on any atom is 0.272 e. The standard InChI is InChI=1S/C17H24N4O2/c1-12-18-9-7-14(19-12)16(23)20-10-5-8-17(3)15(20)6-4-11-21(17)13(2)22/h7,9,15H,4-6,8,10-11H2,1-3H3/t15-,17-/m0/s1.